The second-order valence-corrected chi connectivity index (χ2v) is 11.8. The van der Waals surface area contributed by atoms with Crippen molar-refractivity contribution >= 4 is 33.2 Å². The Hall–Kier alpha value is -2.98. The van der Waals surface area contributed by atoms with E-state index < -0.39 is 16.1 Å². The largest absolute Gasteiger partial charge is 0.452 e. The van der Waals surface area contributed by atoms with Gasteiger partial charge in [0.1, 0.15) is 10.0 Å². The summed E-state index contributed by atoms with van der Waals surface area (Å²) in [5.74, 6) is 1.59. The van der Waals surface area contributed by atoms with Gasteiger partial charge in [-0.05, 0) is 42.9 Å². The number of aromatic nitrogens is 2. The van der Waals surface area contributed by atoms with Crippen molar-refractivity contribution in [3.8, 4) is 11.1 Å². The van der Waals surface area contributed by atoms with Crippen LogP contribution in [0.25, 0.3) is 11.1 Å². The van der Waals surface area contributed by atoms with Crippen molar-refractivity contribution in [2.45, 2.75) is 49.8 Å². The number of ketones is 1. The molecule has 1 aromatic carbocycles. The number of Topliss-reactive ketones (excluding diaryl/α,β-unsaturated/α-hetero) is 1. The van der Waals surface area contributed by atoms with Crippen LogP contribution in [0, 0.1) is 5.92 Å². The summed E-state index contributed by atoms with van der Waals surface area (Å²) < 4.78 is 34.2. The zero-order valence-electron chi connectivity index (χ0n) is 19.3. The summed E-state index contributed by atoms with van der Waals surface area (Å²) in [7, 11) is -3.05. The molecule has 0 atom stereocenters. The number of benzene rings is 1. The van der Waals surface area contributed by atoms with Gasteiger partial charge in [0.2, 0.25) is 0 Å². The maximum atomic E-state index is 13.1. The molecule has 34 heavy (non-hydrogen) atoms. The Morgan fingerprint density at radius 2 is 2.03 bits per heavy atom. The first-order valence-corrected chi connectivity index (χ1v) is 13.4. The molecule has 1 saturated carbocycles. The third-order valence-electron chi connectivity index (χ3n) is 5.51. The lowest BCUT2D eigenvalue weighted by Gasteiger charge is -2.09. The molecular weight excluding hydrogens is 474 g/mol. The summed E-state index contributed by atoms with van der Waals surface area (Å²) in [4.78, 5) is 30.0. The third-order valence-corrected chi connectivity index (χ3v) is 8.51. The molecular formula is C24H27N3O5S2. The topological polar surface area (TPSA) is 107 Å². The fourth-order valence-electron chi connectivity index (χ4n) is 3.79. The molecule has 1 N–H and O–H groups in total. The Labute approximate surface area is 203 Å². The van der Waals surface area contributed by atoms with E-state index in [9.17, 15) is 18.0 Å². The molecule has 0 aliphatic heterocycles. The number of hydrogen-bond acceptors (Lipinski definition) is 7. The first kappa shape index (κ1) is 24.2. The number of sulfonamides is 1. The zero-order valence-corrected chi connectivity index (χ0v) is 20.9. The average molecular weight is 502 g/mol. The number of nitrogens with one attached hydrogen (secondary N) is 1. The Morgan fingerprint density at radius 3 is 2.71 bits per heavy atom. The van der Waals surface area contributed by atoms with Crippen molar-refractivity contribution in [2.24, 2.45) is 5.92 Å². The molecule has 10 heteroatoms. The van der Waals surface area contributed by atoms with Crippen LogP contribution in [-0.4, -0.2) is 37.0 Å². The van der Waals surface area contributed by atoms with Gasteiger partial charge < -0.3 is 9.30 Å². The van der Waals surface area contributed by atoms with E-state index in [0.717, 1.165) is 42.0 Å². The molecule has 2 aromatic heterocycles. The highest BCUT2D eigenvalue weighted by molar-refractivity contribution is 7.92. The number of hydrogen-bond donors (Lipinski definition) is 1. The lowest BCUT2D eigenvalue weighted by molar-refractivity contribution is 0.0971. The number of thiophene rings is 1. The van der Waals surface area contributed by atoms with E-state index in [0.29, 0.717) is 34.9 Å². The lowest BCUT2D eigenvalue weighted by atomic mass is 10.0. The highest BCUT2D eigenvalue weighted by Gasteiger charge is 2.29. The molecule has 0 saturated heterocycles. The number of rotatable bonds is 9. The summed E-state index contributed by atoms with van der Waals surface area (Å²) in [6, 6.07) is 8.75. The van der Waals surface area contributed by atoms with E-state index in [2.05, 4.69) is 9.72 Å². The Bertz CT molecular complexity index is 1320. The van der Waals surface area contributed by atoms with Crippen LogP contribution in [0.1, 0.15) is 53.7 Å². The lowest BCUT2D eigenvalue weighted by Crippen LogP contribution is -2.30. The molecule has 180 valence electrons. The van der Waals surface area contributed by atoms with Gasteiger partial charge in [-0.25, -0.2) is 22.9 Å². The van der Waals surface area contributed by atoms with Crippen molar-refractivity contribution in [1.29, 1.82) is 0 Å². The Kier molecular flexibility index (Phi) is 6.90. The van der Waals surface area contributed by atoms with Gasteiger partial charge in [-0.3, -0.25) is 4.79 Å². The van der Waals surface area contributed by atoms with Crippen LogP contribution in [-0.2, 0) is 27.7 Å². The maximum Gasteiger partial charge on any atom is 0.420 e. The molecule has 1 amide bonds. The van der Waals surface area contributed by atoms with Gasteiger partial charge in [0.05, 0.1) is 13.7 Å². The third kappa shape index (κ3) is 5.39. The average Bonchev–Trinajstić information content (AvgIpc) is 3.37. The van der Waals surface area contributed by atoms with Gasteiger partial charge in [-0.15, -0.1) is 11.3 Å². The molecule has 1 fully saturated rings. The number of methoxy groups -OCH3 is 1. The van der Waals surface area contributed by atoms with Crippen LogP contribution in [0.15, 0.2) is 46.9 Å². The van der Waals surface area contributed by atoms with Gasteiger partial charge in [0.15, 0.2) is 5.78 Å². The molecule has 0 unspecified atom stereocenters. The normalized spacial score (nSPS) is 13.8. The van der Waals surface area contributed by atoms with Gasteiger partial charge in [0.25, 0.3) is 10.0 Å². The van der Waals surface area contributed by atoms with E-state index in [1.165, 1.54) is 0 Å². The van der Waals surface area contributed by atoms with Crippen molar-refractivity contribution in [1.82, 2.24) is 14.3 Å². The van der Waals surface area contributed by atoms with Crippen LogP contribution in [0.3, 0.4) is 0 Å². The van der Waals surface area contributed by atoms with E-state index >= 15 is 0 Å². The number of nitrogens with zero attached hydrogens (tertiary/aromatic N) is 2. The highest BCUT2D eigenvalue weighted by atomic mass is 32.2. The molecule has 4 rings (SSSR count). The van der Waals surface area contributed by atoms with Crippen molar-refractivity contribution in [3.05, 3.63) is 59.0 Å². The van der Waals surface area contributed by atoms with Crippen LogP contribution in [0.5, 0.6) is 0 Å². The second kappa shape index (κ2) is 9.71. The zero-order chi connectivity index (χ0) is 24.5. The minimum Gasteiger partial charge on any atom is -0.452 e. The van der Waals surface area contributed by atoms with Crippen LogP contribution in [0.4, 0.5) is 4.79 Å². The van der Waals surface area contributed by atoms with Gasteiger partial charge in [-0.1, -0.05) is 32.0 Å². The Balaban J connectivity index is 1.67. The monoisotopic (exact) mass is 501 g/mol. The Morgan fingerprint density at radius 1 is 1.26 bits per heavy atom. The van der Waals surface area contributed by atoms with Gasteiger partial charge in [0, 0.05) is 34.3 Å². The smallest absolute Gasteiger partial charge is 0.420 e. The first-order valence-electron chi connectivity index (χ1n) is 11.1. The summed E-state index contributed by atoms with van der Waals surface area (Å²) in [6.45, 7) is 4.27. The maximum absolute atomic E-state index is 13.1. The molecule has 0 radical (unpaired) electrons. The van der Waals surface area contributed by atoms with Gasteiger partial charge >= 0.3 is 6.09 Å². The quantitative estimate of drug-likeness (QED) is 0.429. The number of amides is 1. The number of carbonyl (C=O) groups is 2. The predicted molar refractivity (Wildman–Crippen MR) is 130 cm³/mol. The SMILES string of the molecule is COC(=O)NS(=O)(=O)c1sc(CC(C)C)cc1-c1cccc(C(=O)Cn2ccnc2C2CC2)c1. The summed E-state index contributed by atoms with van der Waals surface area (Å²) in [5.41, 5.74) is 1.53. The predicted octanol–water partition coefficient (Wildman–Crippen LogP) is 4.62. The summed E-state index contributed by atoms with van der Waals surface area (Å²) in [5, 5.41) is 0. The standard InChI is InChI=1S/C24H27N3O5S2/c1-15(2)11-19-13-20(23(33-19)34(30,31)26-24(29)32-3)17-5-4-6-18(12-17)21(28)14-27-10-9-25-22(27)16-7-8-16/h4-6,9-10,12-13,15-16H,7-8,11,14H2,1-3H3,(H,26,29). The number of ether oxygens (including phenoxy) is 1. The molecule has 1 aliphatic rings. The minimum absolute atomic E-state index is 0.0174. The molecule has 3 aromatic rings. The van der Waals surface area contributed by atoms with Crippen molar-refractivity contribution in [2.75, 3.05) is 7.11 Å². The molecule has 0 spiro atoms. The van der Waals surface area contributed by atoms with Gasteiger partial charge in [-0.2, -0.15) is 0 Å². The van der Waals surface area contributed by atoms with E-state index in [-0.39, 0.29) is 16.5 Å². The second-order valence-electron chi connectivity index (χ2n) is 8.80. The van der Waals surface area contributed by atoms with Crippen LogP contribution < -0.4 is 4.72 Å². The first-order chi connectivity index (χ1) is 16.2. The van der Waals surface area contributed by atoms with Crippen LogP contribution in [0.2, 0.25) is 0 Å². The molecule has 0 bridgehead atoms. The molecule has 8 nitrogen and oxygen atoms in total. The van der Waals surface area contributed by atoms with Crippen molar-refractivity contribution in [3.63, 3.8) is 0 Å². The van der Waals surface area contributed by atoms with Crippen LogP contribution >= 0.6 is 11.3 Å². The highest BCUT2D eigenvalue weighted by Crippen LogP contribution is 2.39. The summed E-state index contributed by atoms with van der Waals surface area (Å²) >= 11 is 1.12. The molecule has 1 aliphatic carbocycles. The van der Waals surface area contributed by atoms with E-state index in [1.54, 1.807) is 30.5 Å². The minimum atomic E-state index is -4.15. The number of carbonyl (C=O) groups excluding carboxylic acids is 2. The fraction of sp³-hybridized carbons (Fsp3) is 0.375. The van der Waals surface area contributed by atoms with Crippen molar-refractivity contribution < 1.29 is 22.7 Å². The van der Waals surface area contributed by atoms with E-state index in [1.807, 2.05) is 35.4 Å². The summed E-state index contributed by atoms with van der Waals surface area (Å²) in [6.07, 6.45) is 5.35. The molecule has 2 heterocycles. The fourth-order valence-corrected chi connectivity index (χ4v) is 6.65. The number of imidazole rings is 1. The van der Waals surface area contributed by atoms with E-state index in [4.69, 9.17) is 0 Å².